The summed E-state index contributed by atoms with van der Waals surface area (Å²) in [6.45, 7) is 2.93. The van der Waals surface area contributed by atoms with Gasteiger partial charge in [0.25, 0.3) is 5.92 Å². The van der Waals surface area contributed by atoms with E-state index in [1.54, 1.807) is 12.4 Å². The Morgan fingerprint density at radius 2 is 2.06 bits per heavy atom. The molecule has 3 N–H and O–H groups in total. The number of fused-ring (bicyclic) bond motifs is 1. The van der Waals surface area contributed by atoms with Gasteiger partial charge in [-0.1, -0.05) is 0 Å². The van der Waals surface area contributed by atoms with E-state index < -0.39 is 11.8 Å². The van der Waals surface area contributed by atoms with Crippen molar-refractivity contribution in [3.63, 3.8) is 0 Å². The van der Waals surface area contributed by atoms with Crippen LogP contribution in [0.25, 0.3) is 16.6 Å². The second kappa shape index (κ2) is 8.60. The minimum absolute atomic E-state index is 0.119. The number of rotatable bonds is 5. The molecule has 0 bridgehead atoms. The lowest BCUT2D eigenvalue weighted by molar-refractivity contribution is -0.0728. The minimum Gasteiger partial charge on any atom is -0.381 e. The van der Waals surface area contributed by atoms with Crippen LogP contribution in [0.5, 0.6) is 0 Å². The molecule has 0 radical (unpaired) electrons. The average molecular weight is 431 g/mol. The van der Waals surface area contributed by atoms with Crippen LogP contribution < -0.4 is 16.1 Å². The van der Waals surface area contributed by atoms with E-state index in [0.29, 0.717) is 36.0 Å². The monoisotopic (exact) mass is 431 g/mol. The molecule has 2 saturated heterocycles. The van der Waals surface area contributed by atoms with Gasteiger partial charge in [0.1, 0.15) is 5.52 Å². The number of nitrogens with zero attached hydrogens (tertiary/aromatic N) is 4. The third-order valence-corrected chi connectivity index (χ3v) is 6.26. The maximum absolute atomic E-state index is 14.3. The van der Waals surface area contributed by atoms with Crippen LogP contribution in [0.2, 0.25) is 0 Å². The SMILES string of the molecule is FC1(F)CCNC[C@@H]1CNc1nc(C2=CN(C3CCOCC3)NC2)cc2nccnc12. The molecule has 0 amide bonds. The molecule has 0 aliphatic carbocycles. The van der Waals surface area contributed by atoms with E-state index in [4.69, 9.17) is 9.72 Å². The molecule has 3 aliphatic heterocycles. The third-order valence-electron chi connectivity index (χ3n) is 6.26. The number of anilines is 1. The number of pyridine rings is 1. The molecular formula is C21H27F2N7O. The fourth-order valence-electron chi connectivity index (χ4n) is 4.38. The number of piperidine rings is 1. The van der Waals surface area contributed by atoms with Crippen molar-refractivity contribution < 1.29 is 13.5 Å². The summed E-state index contributed by atoms with van der Waals surface area (Å²) in [5.74, 6) is -3.00. The number of halogens is 2. The van der Waals surface area contributed by atoms with Gasteiger partial charge in [-0.05, 0) is 18.9 Å². The van der Waals surface area contributed by atoms with Crippen molar-refractivity contribution >= 4 is 22.4 Å². The second-order valence-electron chi connectivity index (χ2n) is 8.31. The van der Waals surface area contributed by atoms with Gasteiger partial charge in [-0.3, -0.25) is 4.98 Å². The summed E-state index contributed by atoms with van der Waals surface area (Å²) in [5, 5.41) is 8.34. The smallest absolute Gasteiger partial charge is 0.255 e. The fourth-order valence-corrected chi connectivity index (χ4v) is 4.38. The zero-order valence-electron chi connectivity index (χ0n) is 17.3. The molecule has 10 heteroatoms. The number of hydrazine groups is 1. The van der Waals surface area contributed by atoms with Gasteiger partial charge in [-0.25, -0.2) is 24.2 Å². The Bertz CT molecular complexity index is 964. The number of alkyl halides is 2. The van der Waals surface area contributed by atoms with Gasteiger partial charge >= 0.3 is 0 Å². The number of hydrogen-bond donors (Lipinski definition) is 3. The lowest BCUT2D eigenvalue weighted by atomic mass is 9.95. The van der Waals surface area contributed by atoms with Crippen molar-refractivity contribution in [1.82, 2.24) is 30.7 Å². The molecule has 5 rings (SSSR count). The van der Waals surface area contributed by atoms with Gasteiger partial charge in [0.15, 0.2) is 5.82 Å². The van der Waals surface area contributed by atoms with E-state index in [1.165, 1.54) is 0 Å². The highest BCUT2D eigenvalue weighted by molar-refractivity contribution is 5.88. The standard InChI is InChI=1S/C21H27F2N7O/c22-21(23)3-4-24-11-15(21)12-27-20-19-18(25-5-6-26-19)9-17(29-20)14-10-28-30(13-14)16-1-7-31-8-2-16/h5-6,9,13,15-16,24,28H,1-4,7-8,10-12H2,(H,27,29)/t15-/m1/s1. The van der Waals surface area contributed by atoms with Crippen LogP contribution in [0.3, 0.4) is 0 Å². The van der Waals surface area contributed by atoms with Crippen molar-refractivity contribution in [3.8, 4) is 0 Å². The first-order chi connectivity index (χ1) is 15.1. The molecule has 0 saturated carbocycles. The lowest BCUT2D eigenvalue weighted by Gasteiger charge is -2.32. The van der Waals surface area contributed by atoms with Gasteiger partial charge in [-0.2, -0.15) is 0 Å². The van der Waals surface area contributed by atoms with Crippen molar-refractivity contribution in [3.05, 3.63) is 30.4 Å². The zero-order valence-corrected chi connectivity index (χ0v) is 17.3. The van der Waals surface area contributed by atoms with E-state index in [2.05, 4.69) is 37.2 Å². The highest BCUT2D eigenvalue weighted by Gasteiger charge is 2.41. The van der Waals surface area contributed by atoms with Crippen LogP contribution in [0.15, 0.2) is 24.7 Å². The summed E-state index contributed by atoms with van der Waals surface area (Å²) < 4.78 is 34.0. The van der Waals surface area contributed by atoms with E-state index in [9.17, 15) is 8.78 Å². The predicted octanol–water partition coefficient (Wildman–Crippen LogP) is 2.02. The normalized spacial score (nSPS) is 24.4. The number of aromatic nitrogens is 3. The third kappa shape index (κ3) is 4.32. The quantitative estimate of drug-likeness (QED) is 0.663. The van der Waals surface area contributed by atoms with E-state index in [1.807, 2.05) is 6.07 Å². The molecule has 2 fully saturated rings. The summed E-state index contributed by atoms with van der Waals surface area (Å²) in [5.41, 5.74) is 6.50. The number of nitrogens with one attached hydrogen (secondary N) is 3. The van der Waals surface area contributed by atoms with Crippen LogP contribution >= 0.6 is 0 Å². The van der Waals surface area contributed by atoms with Gasteiger partial charge < -0.3 is 20.4 Å². The first kappa shape index (κ1) is 20.5. The zero-order chi connectivity index (χ0) is 21.3. The molecule has 0 aromatic carbocycles. The molecule has 166 valence electrons. The van der Waals surface area contributed by atoms with Crippen LogP contribution in [-0.4, -0.2) is 71.3 Å². The Kier molecular flexibility index (Phi) is 5.68. The Balaban J connectivity index is 1.40. The number of ether oxygens (including phenoxy) is 1. The molecular weight excluding hydrogens is 404 g/mol. The van der Waals surface area contributed by atoms with E-state index in [0.717, 1.165) is 37.3 Å². The highest BCUT2D eigenvalue weighted by atomic mass is 19.3. The second-order valence-corrected chi connectivity index (χ2v) is 8.31. The number of hydrogen-bond acceptors (Lipinski definition) is 8. The fraction of sp³-hybridized carbons (Fsp3) is 0.571. The van der Waals surface area contributed by atoms with Gasteiger partial charge in [0.05, 0.1) is 17.1 Å². The molecule has 8 nitrogen and oxygen atoms in total. The van der Waals surface area contributed by atoms with Gasteiger partial charge in [0, 0.05) is 76.0 Å². The molecule has 31 heavy (non-hydrogen) atoms. The first-order valence-electron chi connectivity index (χ1n) is 10.8. The minimum atomic E-state index is -2.69. The van der Waals surface area contributed by atoms with Crippen molar-refractivity contribution in [2.45, 2.75) is 31.2 Å². The summed E-state index contributed by atoms with van der Waals surface area (Å²) in [7, 11) is 0. The van der Waals surface area contributed by atoms with Crippen LogP contribution in [0, 0.1) is 5.92 Å². The maximum Gasteiger partial charge on any atom is 0.255 e. The summed E-state index contributed by atoms with van der Waals surface area (Å²) in [6, 6.07) is 2.30. The van der Waals surface area contributed by atoms with Crippen LogP contribution in [-0.2, 0) is 4.74 Å². The Morgan fingerprint density at radius 3 is 2.90 bits per heavy atom. The molecule has 3 aliphatic rings. The van der Waals surface area contributed by atoms with Gasteiger partial charge in [0.2, 0.25) is 0 Å². The Morgan fingerprint density at radius 1 is 1.23 bits per heavy atom. The molecule has 2 aromatic rings. The lowest BCUT2D eigenvalue weighted by Crippen LogP contribution is -2.47. The summed E-state index contributed by atoms with van der Waals surface area (Å²) >= 11 is 0. The highest BCUT2D eigenvalue weighted by Crippen LogP contribution is 2.31. The van der Waals surface area contributed by atoms with Crippen molar-refractivity contribution in [2.24, 2.45) is 5.92 Å². The Hall–Kier alpha value is -2.43. The summed E-state index contributed by atoms with van der Waals surface area (Å²) in [6.07, 6.45) is 7.12. The van der Waals surface area contributed by atoms with E-state index >= 15 is 0 Å². The molecule has 0 spiro atoms. The predicted molar refractivity (Wildman–Crippen MR) is 113 cm³/mol. The largest absolute Gasteiger partial charge is 0.381 e. The molecule has 1 atom stereocenters. The topological polar surface area (TPSA) is 87.2 Å². The average Bonchev–Trinajstić information content (AvgIpc) is 3.29. The van der Waals surface area contributed by atoms with E-state index in [-0.39, 0.29) is 19.5 Å². The maximum atomic E-state index is 14.3. The van der Waals surface area contributed by atoms with Gasteiger partial charge in [-0.15, -0.1) is 0 Å². The van der Waals surface area contributed by atoms with Crippen molar-refractivity contribution in [1.29, 1.82) is 0 Å². The van der Waals surface area contributed by atoms with Crippen LogP contribution in [0.1, 0.15) is 25.0 Å². The van der Waals surface area contributed by atoms with Crippen LogP contribution in [0.4, 0.5) is 14.6 Å². The van der Waals surface area contributed by atoms with Crippen molar-refractivity contribution in [2.75, 3.05) is 44.7 Å². The molecule has 5 heterocycles. The summed E-state index contributed by atoms with van der Waals surface area (Å²) in [4.78, 5) is 13.6. The Labute approximate surface area is 179 Å². The molecule has 2 aromatic heterocycles. The molecule has 0 unspecified atom stereocenters. The first-order valence-corrected chi connectivity index (χ1v) is 10.8.